The van der Waals surface area contributed by atoms with Crippen molar-refractivity contribution in [2.24, 2.45) is 0 Å². The van der Waals surface area contributed by atoms with Crippen molar-refractivity contribution >= 4 is 30.8 Å². The Bertz CT molecular complexity index is 1410. The van der Waals surface area contributed by atoms with E-state index in [1.807, 2.05) is 52.9 Å². The summed E-state index contributed by atoms with van der Waals surface area (Å²) in [7, 11) is -1.19. The number of aryl methyl sites for hydroxylation is 1. The minimum Gasteiger partial charge on any atom is -0.360 e. The van der Waals surface area contributed by atoms with Gasteiger partial charge in [0.2, 0.25) is 0 Å². The number of carbonyl (C=O) groups is 1. The number of ether oxygens (including phenoxy) is 1. The highest BCUT2D eigenvalue weighted by molar-refractivity contribution is 6.76. The summed E-state index contributed by atoms with van der Waals surface area (Å²) in [4.78, 5) is 24.1. The number of carbonyl (C=O) groups excluding carboxylic acids is 1. The highest BCUT2D eigenvalue weighted by atomic mass is 28.3. The number of aromatic nitrogens is 4. The number of hydrogen-bond donors (Lipinski definition) is 1. The number of urea groups is 1. The fraction of sp³-hybridized carbons (Fsp3) is 0.357. The fourth-order valence-corrected chi connectivity index (χ4v) is 5.17. The van der Waals surface area contributed by atoms with Crippen LogP contribution in [0, 0.1) is 6.92 Å². The van der Waals surface area contributed by atoms with Crippen LogP contribution >= 0.6 is 0 Å². The summed E-state index contributed by atoms with van der Waals surface area (Å²) in [6, 6.07) is 17.2. The molecule has 4 aromatic rings. The third-order valence-corrected chi connectivity index (χ3v) is 8.27. The average Bonchev–Trinajstić information content (AvgIpc) is 3.21. The first-order valence-electron chi connectivity index (χ1n) is 12.8. The van der Waals surface area contributed by atoms with E-state index in [0.29, 0.717) is 26.4 Å². The molecule has 5 rings (SSSR count). The number of fused-ring (bicyclic) bond motifs is 2. The Hall–Kier alpha value is -3.56. The van der Waals surface area contributed by atoms with Crippen molar-refractivity contribution in [2.45, 2.75) is 52.3 Å². The molecule has 3 aromatic heterocycles. The zero-order chi connectivity index (χ0) is 26.0. The quantitative estimate of drug-likeness (QED) is 0.229. The van der Waals surface area contributed by atoms with E-state index in [2.05, 4.69) is 42.1 Å². The van der Waals surface area contributed by atoms with Crippen LogP contribution in [0.3, 0.4) is 0 Å². The maximum atomic E-state index is 12.9. The minimum absolute atomic E-state index is 0.105. The van der Waals surface area contributed by atoms with E-state index in [-0.39, 0.29) is 6.03 Å². The Balaban J connectivity index is 1.45. The molecule has 1 aliphatic rings. The molecule has 0 saturated heterocycles. The second-order valence-electron chi connectivity index (χ2n) is 10.8. The molecular formula is C28H34N6O2Si. The van der Waals surface area contributed by atoms with E-state index in [9.17, 15) is 4.79 Å². The van der Waals surface area contributed by atoms with Gasteiger partial charge in [-0.3, -0.25) is 4.98 Å². The molecule has 0 radical (unpaired) electrons. The van der Waals surface area contributed by atoms with Crippen molar-refractivity contribution in [1.82, 2.24) is 24.6 Å². The van der Waals surface area contributed by atoms with Crippen molar-refractivity contribution in [2.75, 3.05) is 18.5 Å². The SMILES string of the molecule is Cc1cc(-c2nn(COCC[Si](C)(C)C)c3cc4c(nc23)CN(CCc2ccccc2)C(=O)N4)ccn1. The fourth-order valence-electron chi connectivity index (χ4n) is 4.41. The van der Waals surface area contributed by atoms with Gasteiger partial charge in [-0.25, -0.2) is 14.5 Å². The minimum atomic E-state index is -1.19. The van der Waals surface area contributed by atoms with Gasteiger partial charge in [0.05, 0.1) is 23.4 Å². The highest BCUT2D eigenvalue weighted by Crippen LogP contribution is 2.32. The summed E-state index contributed by atoms with van der Waals surface area (Å²) in [6.07, 6.45) is 2.59. The third-order valence-electron chi connectivity index (χ3n) is 6.57. The Morgan fingerprint density at radius 1 is 1.11 bits per heavy atom. The van der Waals surface area contributed by atoms with E-state index >= 15 is 0 Å². The molecule has 0 bridgehead atoms. The van der Waals surface area contributed by atoms with Gasteiger partial charge in [0.1, 0.15) is 17.9 Å². The molecule has 1 N–H and O–H groups in total. The molecular weight excluding hydrogens is 480 g/mol. The number of benzene rings is 1. The Kier molecular flexibility index (Phi) is 7.08. The number of amides is 2. The van der Waals surface area contributed by atoms with Crippen LogP contribution in [-0.4, -0.2) is 51.9 Å². The zero-order valence-electron chi connectivity index (χ0n) is 22.0. The monoisotopic (exact) mass is 514 g/mol. The second kappa shape index (κ2) is 10.4. The third kappa shape index (κ3) is 5.89. The lowest BCUT2D eigenvalue weighted by Gasteiger charge is -2.28. The number of rotatable bonds is 9. The first-order valence-corrected chi connectivity index (χ1v) is 16.5. The van der Waals surface area contributed by atoms with Gasteiger partial charge < -0.3 is 15.0 Å². The summed E-state index contributed by atoms with van der Waals surface area (Å²) in [5.74, 6) is 0. The summed E-state index contributed by atoms with van der Waals surface area (Å²) in [5, 5.41) is 7.96. The first-order chi connectivity index (χ1) is 17.8. The second-order valence-corrected chi connectivity index (χ2v) is 16.4. The van der Waals surface area contributed by atoms with E-state index in [4.69, 9.17) is 14.8 Å². The van der Waals surface area contributed by atoms with E-state index in [0.717, 1.165) is 51.8 Å². The Morgan fingerprint density at radius 2 is 1.92 bits per heavy atom. The molecule has 1 aliphatic heterocycles. The molecule has 0 atom stereocenters. The Morgan fingerprint density at radius 3 is 2.68 bits per heavy atom. The average molecular weight is 515 g/mol. The number of pyridine rings is 2. The normalized spacial score (nSPS) is 13.6. The molecule has 8 nitrogen and oxygen atoms in total. The van der Waals surface area contributed by atoms with E-state index < -0.39 is 8.07 Å². The van der Waals surface area contributed by atoms with Crippen LogP contribution in [-0.2, 0) is 24.4 Å². The number of nitrogens with zero attached hydrogens (tertiary/aromatic N) is 5. The maximum absolute atomic E-state index is 12.9. The van der Waals surface area contributed by atoms with Gasteiger partial charge >= 0.3 is 6.03 Å². The smallest absolute Gasteiger partial charge is 0.322 e. The maximum Gasteiger partial charge on any atom is 0.322 e. The van der Waals surface area contributed by atoms with Crippen LogP contribution in [0.5, 0.6) is 0 Å². The van der Waals surface area contributed by atoms with Gasteiger partial charge in [0, 0.05) is 38.7 Å². The Labute approximate surface area is 218 Å². The molecule has 0 unspecified atom stereocenters. The molecule has 1 aromatic carbocycles. The van der Waals surface area contributed by atoms with Gasteiger partial charge in [-0.05, 0) is 43.2 Å². The van der Waals surface area contributed by atoms with Crippen LogP contribution in [0.1, 0.15) is 17.0 Å². The van der Waals surface area contributed by atoms with Crippen molar-refractivity contribution in [3.05, 3.63) is 71.7 Å². The predicted molar refractivity (Wildman–Crippen MR) is 149 cm³/mol. The molecule has 9 heteroatoms. The summed E-state index contributed by atoms with van der Waals surface area (Å²) < 4.78 is 7.89. The van der Waals surface area contributed by atoms with Crippen molar-refractivity contribution in [1.29, 1.82) is 0 Å². The van der Waals surface area contributed by atoms with Crippen LogP contribution in [0.15, 0.2) is 54.7 Å². The molecule has 0 spiro atoms. The summed E-state index contributed by atoms with van der Waals surface area (Å²) in [6.45, 7) is 11.1. The molecule has 0 saturated carbocycles. The van der Waals surface area contributed by atoms with Crippen molar-refractivity contribution in [3.63, 3.8) is 0 Å². The summed E-state index contributed by atoms with van der Waals surface area (Å²) in [5.41, 5.74) is 7.10. The zero-order valence-corrected chi connectivity index (χ0v) is 23.0. The highest BCUT2D eigenvalue weighted by Gasteiger charge is 2.26. The van der Waals surface area contributed by atoms with Crippen LogP contribution in [0.25, 0.3) is 22.3 Å². The van der Waals surface area contributed by atoms with E-state index in [1.165, 1.54) is 5.56 Å². The van der Waals surface area contributed by atoms with Gasteiger partial charge in [0.15, 0.2) is 0 Å². The topological polar surface area (TPSA) is 85.2 Å². The van der Waals surface area contributed by atoms with Crippen LogP contribution in [0.4, 0.5) is 10.5 Å². The number of hydrogen-bond acceptors (Lipinski definition) is 5. The van der Waals surface area contributed by atoms with Crippen molar-refractivity contribution < 1.29 is 9.53 Å². The van der Waals surface area contributed by atoms with E-state index in [1.54, 1.807) is 6.20 Å². The van der Waals surface area contributed by atoms with Crippen LogP contribution in [0.2, 0.25) is 25.7 Å². The lowest BCUT2D eigenvalue weighted by atomic mass is 10.1. The molecule has 4 heterocycles. The summed E-state index contributed by atoms with van der Waals surface area (Å²) >= 11 is 0. The number of nitrogens with one attached hydrogen (secondary N) is 1. The van der Waals surface area contributed by atoms with Crippen LogP contribution < -0.4 is 5.32 Å². The largest absolute Gasteiger partial charge is 0.360 e. The molecule has 0 aliphatic carbocycles. The standard InChI is InChI=1S/C28H34N6O2Si/c1-20-16-22(10-12-29-20)26-27-25(34(32-26)19-36-14-15-37(2,3)4)17-23-24(30-27)18-33(28(35)31-23)13-11-21-8-6-5-7-9-21/h5-10,12,16-17H,11,13-15,18-19H2,1-4H3,(H,31,35). The molecule has 192 valence electrons. The van der Waals surface area contributed by atoms with Crippen molar-refractivity contribution in [3.8, 4) is 11.3 Å². The molecule has 37 heavy (non-hydrogen) atoms. The van der Waals surface area contributed by atoms with Gasteiger partial charge in [-0.1, -0.05) is 50.0 Å². The molecule has 2 amide bonds. The number of anilines is 1. The first kappa shape index (κ1) is 25.1. The molecule has 0 fully saturated rings. The predicted octanol–water partition coefficient (Wildman–Crippen LogP) is 5.70. The van der Waals surface area contributed by atoms with Gasteiger partial charge in [0.25, 0.3) is 0 Å². The lowest BCUT2D eigenvalue weighted by Crippen LogP contribution is -2.40. The lowest BCUT2D eigenvalue weighted by molar-refractivity contribution is 0.0818. The van der Waals surface area contributed by atoms with Gasteiger partial charge in [-0.15, -0.1) is 0 Å². The van der Waals surface area contributed by atoms with Gasteiger partial charge in [-0.2, -0.15) is 5.10 Å².